The van der Waals surface area contributed by atoms with Crippen LogP contribution in [0.15, 0.2) is 59.2 Å². The molecule has 5 nitrogen and oxygen atoms in total. The molecular weight excluding hydrogens is 377 g/mol. The zero-order chi connectivity index (χ0) is 16.9. The van der Waals surface area contributed by atoms with Crippen molar-refractivity contribution in [3.8, 4) is 17.0 Å². The van der Waals surface area contributed by atoms with Crippen molar-refractivity contribution < 1.29 is 13.9 Å². The normalized spacial score (nSPS) is 10.4. The predicted octanol–water partition coefficient (Wildman–Crippen LogP) is 4.00. The van der Waals surface area contributed by atoms with Gasteiger partial charge in [-0.05, 0) is 36.4 Å². The Hall–Kier alpha value is -2.67. The summed E-state index contributed by atoms with van der Waals surface area (Å²) in [5.41, 5.74) is 2.36. The second-order valence-corrected chi connectivity index (χ2v) is 5.88. The van der Waals surface area contributed by atoms with Crippen LogP contribution in [0.25, 0.3) is 11.3 Å². The molecule has 0 bridgehead atoms. The minimum absolute atomic E-state index is 0.0274. The van der Waals surface area contributed by atoms with E-state index in [9.17, 15) is 9.18 Å². The van der Waals surface area contributed by atoms with E-state index in [0.29, 0.717) is 10.2 Å². The van der Waals surface area contributed by atoms with Crippen LogP contribution in [0.5, 0.6) is 5.75 Å². The van der Waals surface area contributed by atoms with Gasteiger partial charge in [-0.15, -0.1) is 0 Å². The fraction of sp³-hybridized carbons (Fsp3) is 0.0588. The van der Waals surface area contributed by atoms with Crippen LogP contribution in [0.3, 0.4) is 0 Å². The van der Waals surface area contributed by atoms with Crippen LogP contribution in [0.2, 0.25) is 0 Å². The van der Waals surface area contributed by atoms with Gasteiger partial charge in [-0.1, -0.05) is 28.1 Å². The van der Waals surface area contributed by atoms with Gasteiger partial charge in [0.15, 0.2) is 18.2 Å². The number of carbonyl (C=O) groups is 1. The summed E-state index contributed by atoms with van der Waals surface area (Å²) in [6.45, 7) is -0.285. The zero-order valence-electron chi connectivity index (χ0n) is 12.4. The summed E-state index contributed by atoms with van der Waals surface area (Å²) < 4.78 is 19.4. The number of halogens is 2. The van der Waals surface area contributed by atoms with E-state index in [1.165, 1.54) is 12.1 Å². The number of nitrogens with zero attached hydrogens (tertiary/aromatic N) is 1. The van der Waals surface area contributed by atoms with Gasteiger partial charge < -0.3 is 10.1 Å². The molecule has 24 heavy (non-hydrogen) atoms. The number of hydrogen-bond donors (Lipinski definition) is 2. The van der Waals surface area contributed by atoms with Crippen molar-refractivity contribution in [2.24, 2.45) is 0 Å². The SMILES string of the molecule is O=C(COc1ccc(Br)cc1F)Nc1cccc(-c2ccn[nH]2)c1. The summed E-state index contributed by atoms with van der Waals surface area (Å²) in [4.78, 5) is 12.0. The highest BCUT2D eigenvalue weighted by molar-refractivity contribution is 9.10. The minimum Gasteiger partial charge on any atom is -0.481 e. The highest BCUT2D eigenvalue weighted by atomic mass is 79.9. The zero-order valence-corrected chi connectivity index (χ0v) is 14.0. The van der Waals surface area contributed by atoms with Crippen molar-refractivity contribution in [1.82, 2.24) is 10.2 Å². The molecule has 1 aromatic heterocycles. The Bertz CT molecular complexity index is 853. The monoisotopic (exact) mass is 389 g/mol. The number of anilines is 1. The number of benzene rings is 2. The van der Waals surface area contributed by atoms with Crippen LogP contribution < -0.4 is 10.1 Å². The van der Waals surface area contributed by atoms with E-state index >= 15 is 0 Å². The van der Waals surface area contributed by atoms with Gasteiger partial charge in [0.05, 0.1) is 5.69 Å². The first-order chi connectivity index (χ1) is 11.6. The number of rotatable bonds is 5. The van der Waals surface area contributed by atoms with Gasteiger partial charge in [-0.25, -0.2) is 4.39 Å². The van der Waals surface area contributed by atoms with E-state index in [4.69, 9.17) is 4.74 Å². The number of ether oxygens (including phenoxy) is 1. The van der Waals surface area contributed by atoms with Crippen LogP contribution >= 0.6 is 15.9 Å². The lowest BCUT2D eigenvalue weighted by molar-refractivity contribution is -0.118. The Balaban J connectivity index is 1.62. The molecule has 0 aliphatic rings. The maximum Gasteiger partial charge on any atom is 0.262 e. The van der Waals surface area contributed by atoms with E-state index in [1.807, 2.05) is 24.3 Å². The number of carbonyl (C=O) groups excluding carboxylic acids is 1. The molecule has 2 N–H and O–H groups in total. The van der Waals surface area contributed by atoms with Crippen molar-refractivity contribution in [2.45, 2.75) is 0 Å². The summed E-state index contributed by atoms with van der Waals surface area (Å²) in [5.74, 6) is -0.878. The third-order valence-electron chi connectivity index (χ3n) is 3.21. The molecule has 2 aromatic carbocycles. The largest absolute Gasteiger partial charge is 0.481 e. The molecule has 3 aromatic rings. The second kappa shape index (κ2) is 7.27. The number of nitrogens with one attached hydrogen (secondary N) is 2. The lowest BCUT2D eigenvalue weighted by atomic mass is 10.1. The van der Waals surface area contributed by atoms with Gasteiger partial charge in [0.25, 0.3) is 5.91 Å². The van der Waals surface area contributed by atoms with Gasteiger partial charge >= 0.3 is 0 Å². The van der Waals surface area contributed by atoms with E-state index in [-0.39, 0.29) is 18.3 Å². The number of H-pyrrole nitrogens is 1. The molecule has 0 spiro atoms. The van der Waals surface area contributed by atoms with Crippen molar-refractivity contribution in [3.05, 3.63) is 65.0 Å². The van der Waals surface area contributed by atoms with E-state index in [1.54, 1.807) is 18.3 Å². The van der Waals surface area contributed by atoms with Crippen molar-refractivity contribution in [2.75, 3.05) is 11.9 Å². The Kier molecular flexibility index (Phi) is 4.90. The molecule has 7 heteroatoms. The van der Waals surface area contributed by atoms with Crippen LogP contribution in [-0.2, 0) is 4.79 Å². The molecule has 0 atom stereocenters. The highest BCUT2D eigenvalue weighted by Crippen LogP contribution is 2.22. The first-order valence-corrected chi connectivity index (χ1v) is 7.88. The topological polar surface area (TPSA) is 67.0 Å². The maximum atomic E-state index is 13.6. The lowest BCUT2D eigenvalue weighted by Gasteiger charge is -2.09. The quantitative estimate of drug-likeness (QED) is 0.692. The molecular formula is C17H13BrFN3O2. The van der Waals surface area contributed by atoms with Crippen molar-refractivity contribution in [1.29, 1.82) is 0 Å². The Morgan fingerprint density at radius 3 is 2.88 bits per heavy atom. The molecule has 0 saturated heterocycles. The Morgan fingerprint density at radius 1 is 1.25 bits per heavy atom. The molecule has 1 heterocycles. The molecule has 122 valence electrons. The van der Waals surface area contributed by atoms with E-state index in [2.05, 4.69) is 31.4 Å². The molecule has 0 radical (unpaired) electrons. The fourth-order valence-corrected chi connectivity index (χ4v) is 2.45. The lowest BCUT2D eigenvalue weighted by Crippen LogP contribution is -2.20. The molecule has 1 amide bonds. The Labute approximate surface area is 146 Å². The number of hydrogen-bond acceptors (Lipinski definition) is 3. The Morgan fingerprint density at radius 2 is 2.12 bits per heavy atom. The van der Waals surface area contributed by atoms with Gasteiger partial charge in [-0.3, -0.25) is 9.89 Å². The van der Waals surface area contributed by atoms with Gasteiger partial charge in [0.1, 0.15) is 0 Å². The van der Waals surface area contributed by atoms with Crippen LogP contribution in [-0.4, -0.2) is 22.7 Å². The minimum atomic E-state index is -0.529. The van der Waals surface area contributed by atoms with Crippen molar-refractivity contribution in [3.63, 3.8) is 0 Å². The van der Waals surface area contributed by atoms with Gasteiger partial charge in [0.2, 0.25) is 0 Å². The predicted molar refractivity (Wildman–Crippen MR) is 92.2 cm³/mol. The standard InChI is InChI=1S/C17H13BrFN3O2/c18-12-4-5-16(14(19)9-12)24-10-17(23)21-13-3-1-2-11(8-13)15-6-7-20-22-15/h1-9H,10H2,(H,20,22)(H,21,23). The molecule has 0 aliphatic heterocycles. The summed E-state index contributed by atoms with van der Waals surface area (Å²) in [6.07, 6.45) is 1.65. The van der Waals surface area contributed by atoms with Crippen molar-refractivity contribution >= 4 is 27.5 Å². The number of amides is 1. The summed E-state index contributed by atoms with van der Waals surface area (Å²) in [6, 6.07) is 13.5. The molecule has 0 aliphatic carbocycles. The van der Waals surface area contributed by atoms with Crippen LogP contribution in [0.4, 0.5) is 10.1 Å². The second-order valence-electron chi connectivity index (χ2n) is 4.96. The third kappa shape index (κ3) is 3.99. The average molecular weight is 390 g/mol. The smallest absolute Gasteiger partial charge is 0.262 e. The fourth-order valence-electron chi connectivity index (χ4n) is 2.11. The highest BCUT2D eigenvalue weighted by Gasteiger charge is 2.08. The maximum absolute atomic E-state index is 13.6. The molecule has 0 saturated carbocycles. The van der Waals surface area contributed by atoms with Crippen LogP contribution in [0, 0.1) is 5.82 Å². The van der Waals surface area contributed by atoms with E-state index in [0.717, 1.165) is 11.3 Å². The first-order valence-electron chi connectivity index (χ1n) is 7.09. The molecule has 3 rings (SSSR count). The number of aromatic nitrogens is 2. The van der Waals surface area contributed by atoms with E-state index < -0.39 is 5.82 Å². The summed E-state index contributed by atoms with van der Waals surface area (Å²) in [7, 11) is 0. The van der Waals surface area contributed by atoms with Gasteiger partial charge in [0, 0.05) is 21.9 Å². The number of aromatic amines is 1. The first kappa shape index (κ1) is 16.2. The van der Waals surface area contributed by atoms with Gasteiger partial charge in [-0.2, -0.15) is 5.10 Å². The molecule has 0 fully saturated rings. The summed E-state index contributed by atoms with van der Waals surface area (Å²) in [5, 5.41) is 9.47. The molecule has 0 unspecified atom stereocenters. The third-order valence-corrected chi connectivity index (χ3v) is 3.70. The average Bonchev–Trinajstić information content (AvgIpc) is 3.09. The summed E-state index contributed by atoms with van der Waals surface area (Å²) >= 11 is 3.16. The van der Waals surface area contributed by atoms with Crippen LogP contribution in [0.1, 0.15) is 0 Å².